The van der Waals surface area contributed by atoms with Gasteiger partial charge in [0, 0.05) is 23.0 Å². The lowest BCUT2D eigenvalue weighted by molar-refractivity contribution is -0.121. The molecule has 0 saturated heterocycles. The van der Waals surface area contributed by atoms with Crippen LogP contribution in [-0.2, 0) is 17.8 Å². The van der Waals surface area contributed by atoms with Crippen molar-refractivity contribution in [3.05, 3.63) is 69.2 Å². The SMILES string of the molecule is Cc1ccc(CNC(=O)CCc2c(Cl)cccc2Cl)cc1. The molecule has 21 heavy (non-hydrogen) atoms. The highest BCUT2D eigenvalue weighted by Gasteiger charge is 2.08. The Morgan fingerprint density at radius 3 is 2.29 bits per heavy atom. The third kappa shape index (κ3) is 4.76. The van der Waals surface area contributed by atoms with E-state index in [4.69, 9.17) is 23.2 Å². The normalized spacial score (nSPS) is 10.4. The van der Waals surface area contributed by atoms with Gasteiger partial charge in [-0.3, -0.25) is 4.79 Å². The van der Waals surface area contributed by atoms with Gasteiger partial charge in [-0.1, -0.05) is 59.1 Å². The van der Waals surface area contributed by atoms with E-state index in [1.54, 1.807) is 18.2 Å². The molecule has 1 N–H and O–H groups in total. The maximum atomic E-state index is 11.9. The molecule has 0 atom stereocenters. The van der Waals surface area contributed by atoms with E-state index in [-0.39, 0.29) is 5.91 Å². The summed E-state index contributed by atoms with van der Waals surface area (Å²) in [6.45, 7) is 2.57. The minimum Gasteiger partial charge on any atom is -0.352 e. The molecule has 0 spiro atoms. The van der Waals surface area contributed by atoms with Gasteiger partial charge in [-0.25, -0.2) is 0 Å². The fraction of sp³-hybridized carbons (Fsp3) is 0.235. The highest BCUT2D eigenvalue weighted by Crippen LogP contribution is 2.25. The van der Waals surface area contributed by atoms with Crippen molar-refractivity contribution < 1.29 is 4.79 Å². The summed E-state index contributed by atoms with van der Waals surface area (Å²) in [5.74, 6) is -0.00781. The summed E-state index contributed by atoms with van der Waals surface area (Å²) in [7, 11) is 0. The number of hydrogen-bond donors (Lipinski definition) is 1. The van der Waals surface area contributed by atoms with E-state index in [0.29, 0.717) is 29.4 Å². The smallest absolute Gasteiger partial charge is 0.220 e. The fourth-order valence-corrected chi connectivity index (χ4v) is 2.59. The van der Waals surface area contributed by atoms with Gasteiger partial charge in [0.1, 0.15) is 0 Å². The fourth-order valence-electron chi connectivity index (χ4n) is 2.00. The average molecular weight is 322 g/mol. The zero-order valence-corrected chi connectivity index (χ0v) is 13.3. The van der Waals surface area contributed by atoms with Crippen molar-refractivity contribution in [1.82, 2.24) is 5.32 Å². The summed E-state index contributed by atoms with van der Waals surface area (Å²) in [4.78, 5) is 11.9. The molecular formula is C17H17Cl2NO. The first-order valence-corrected chi connectivity index (χ1v) is 7.57. The van der Waals surface area contributed by atoms with Crippen LogP contribution in [0.1, 0.15) is 23.1 Å². The number of hydrogen-bond acceptors (Lipinski definition) is 1. The molecule has 2 rings (SSSR count). The second-order valence-corrected chi connectivity index (χ2v) is 5.78. The van der Waals surface area contributed by atoms with E-state index in [9.17, 15) is 4.79 Å². The highest BCUT2D eigenvalue weighted by atomic mass is 35.5. The Labute approximate surface area is 135 Å². The molecule has 2 aromatic carbocycles. The summed E-state index contributed by atoms with van der Waals surface area (Å²) < 4.78 is 0. The van der Waals surface area contributed by atoms with Gasteiger partial charge in [0.2, 0.25) is 5.91 Å². The number of benzene rings is 2. The number of carbonyl (C=O) groups is 1. The lowest BCUT2D eigenvalue weighted by Crippen LogP contribution is -2.23. The first kappa shape index (κ1) is 15.9. The Kier molecular flexibility index (Phi) is 5.66. The topological polar surface area (TPSA) is 29.1 Å². The van der Waals surface area contributed by atoms with Crippen LogP contribution in [-0.4, -0.2) is 5.91 Å². The molecule has 0 heterocycles. The molecule has 4 heteroatoms. The molecule has 0 radical (unpaired) electrons. The van der Waals surface area contributed by atoms with Gasteiger partial charge >= 0.3 is 0 Å². The van der Waals surface area contributed by atoms with Crippen LogP contribution in [0.25, 0.3) is 0 Å². The van der Waals surface area contributed by atoms with Gasteiger partial charge in [-0.05, 0) is 36.6 Å². The summed E-state index contributed by atoms with van der Waals surface area (Å²) in [5.41, 5.74) is 3.12. The third-order valence-corrected chi connectivity index (χ3v) is 3.98. The van der Waals surface area contributed by atoms with Gasteiger partial charge in [-0.2, -0.15) is 0 Å². The second-order valence-electron chi connectivity index (χ2n) is 4.96. The number of carbonyl (C=O) groups excluding carboxylic acids is 1. The number of aryl methyl sites for hydroxylation is 1. The predicted octanol–water partition coefficient (Wildman–Crippen LogP) is 4.55. The molecule has 0 fully saturated rings. The molecule has 0 aliphatic heterocycles. The van der Waals surface area contributed by atoms with Gasteiger partial charge in [0.25, 0.3) is 0 Å². The first-order valence-electron chi connectivity index (χ1n) is 6.81. The van der Waals surface area contributed by atoms with E-state index in [1.165, 1.54) is 5.56 Å². The van der Waals surface area contributed by atoms with Gasteiger partial charge in [-0.15, -0.1) is 0 Å². The Bertz CT molecular complexity index is 603. The van der Waals surface area contributed by atoms with Crippen molar-refractivity contribution in [2.75, 3.05) is 0 Å². The Hall–Kier alpha value is -1.51. The molecule has 0 unspecified atom stereocenters. The van der Waals surface area contributed by atoms with Crippen molar-refractivity contribution in [1.29, 1.82) is 0 Å². The summed E-state index contributed by atoms with van der Waals surface area (Å²) in [6.07, 6.45) is 0.910. The van der Waals surface area contributed by atoms with Crippen LogP contribution in [0.15, 0.2) is 42.5 Å². The predicted molar refractivity (Wildman–Crippen MR) is 87.8 cm³/mol. The monoisotopic (exact) mass is 321 g/mol. The third-order valence-electron chi connectivity index (χ3n) is 3.27. The van der Waals surface area contributed by atoms with Crippen LogP contribution in [0.4, 0.5) is 0 Å². The quantitative estimate of drug-likeness (QED) is 0.859. The summed E-state index contributed by atoms with van der Waals surface area (Å²) >= 11 is 12.2. The van der Waals surface area contributed by atoms with Crippen LogP contribution in [0.5, 0.6) is 0 Å². The molecule has 0 bridgehead atoms. The van der Waals surface area contributed by atoms with Gasteiger partial charge in [0.15, 0.2) is 0 Å². The molecule has 2 nitrogen and oxygen atoms in total. The molecule has 0 saturated carbocycles. The Morgan fingerprint density at radius 2 is 1.67 bits per heavy atom. The van der Waals surface area contributed by atoms with Crippen molar-refractivity contribution in [2.45, 2.75) is 26.3 Å². The van der Waals surface area contributed by atoms with Crippen LogP contribution >= 0.6 is 23.2 Å². The Balaban J connectivity index is 1.84. The Morgan fingerprint density at radius 1 is 1.05 bits per heavy atom. The van der Waals surface area contributed by atoms with Crippen molar-refractivity contribution >= 4 is 29.1 Å². The maximum absolute atomic E-state index is 11.9. The van der Waals surface area contributed by atoms with Crippen LogP contribution in [0.3, 0.4) is 0 Å². The number of amides is 1. The van der Waals surface area contributed by atoms with Crippen LogP contribution < -0.4 is 5.32 Å². The zero-order valence-electron chi connectivity index (χ0n) is 11.8. The highest BCUT2D eigenvalue weighted by molar-refractivity contribution is 6.36. The molecule has 1 amide bonds. The molecule has 2 aromatic rings. The molecule has 0 aliphatic carbocycles. The van der Waals surface area contributed by atoms with Crippen LogP contribution in [0, 0.1) is 6.92 Å². The number of nitrogens with one attached hydrogen (secondary N) is 1. The summed E-state index contributed by atoms with van der Waals surface area (Å²) in [5, 5.41) is 4.11. The van der Waals surface area contributed by atoms with E-state index >= 15 is 0 Å². The van der Waals surface area contributed by atoms with Crippen molar-refractivity contribution in [3.63, 3.8) is 0 Å². The maximum Gasteiger partial charge on any atom is 0.220 e. The van der Waals surface area contributed by atoms with Crippen molar-refractivity contribution in [2.24, 2.45) is 0 Å². The lowest BCUT2D eigenvalue weighted by Gasteiger charge is -2.08. The van der Waals surface area contributed by atoms with Crippen molar-refractivity contribution in [3.8, 4) is 0 Å². The largest absolute Gasteiger partial charge is 0.352 e. The van der Waals surface area contributed by atoms with E-state index in [1.807, 2.05) is 31.2 Å². The van der Waals surface area contributed by atoms with E-state index in [2.05, 4.69) is 5.32 Å². The molecule has 0 aromatic heterocycles. The first-order chi connectivity index (χ1) is 10.1. The van der Waals surface area contributed by atoms with E-state index < -0.39 is 0 Å². The van der Waals surface area contributed by atoms with Crippen LogP contribution in [0.2, 0.25) is 10.0 Å². The molecule has 110 valence electrons. The molecular weight excluding hydrogens is 305 g/mol. The number of halogens is 2. The average Bonchev–Trinajstić information content (AvgIpc) is 2.46. The van der Waals surface area contributed by atoms with Gasteiger partial charge in [0.05, 0.1) is 0 Å². The van der Waals surface area contributed by atoms with Gasteiger partial charge < -0.3 is 5.32 Å². The van der Waals surface area contributed by atoms with E-state index in [0.717, 1.165) is 11.1 Å². The minimum atomic E-state index is -0.00781. The summed E-state index contributed by atoms with van der Waals surface area (Å²) in [6, 6.07) is 13.5. The second kappa shape index (κ2) is 7.48. The lowest BCUT2D eigenvalue weighted by atomic mass is 10.1. The molecule has 0 aliphatic rings. The number of rotatable bonds is 5. The minimum absolute atomic E-state index is 0.00781. The standard InChI is InChI=1S/C17H17Cl2NO/c1-12-5-7-13(8-6-12)11-20-17(21)10-9-14-15(18)3-2-4-16(14)19/h2-8H,9-11H2,1H3,(H,20,21). The zero-order chi connectivity index (χ0) is 15.2.